The Kier molecular flexibility index (Phi) is 5.23. The number of nitrogens with one attached hydrogen (secondary N) is 1. The predicted molar refractivity (Wildman–Crippen MR) is 117 cm³/mol. The van der Waals surface area contributed by atoms with Crippen LogP contribution in [-0.4, -0.2) is 6.04 Å². The molecule has 4 aliphatic rings. The molecule has 0 aliphatic heterocycles. The molecule has 0 radical (unpaired) electrons. The first-order valence-electron chi connectivity index (χ1n) is 10.8. The largest absolute Gasteiger partial charge is 0.489 e. The lowest BCUT2D eigenvalue weighted by Gasteiger charge is -2.54. The van der Waals surface area contributed by atoms with Crippen LogP contribution in [0.2, 0.25) is 0 Å². The molecule has 0 heterocycles. The van der Waals surface area contributed by atoms with E-state index in [1.807, 2.05) is 0 Å². The molecule has 148 valence electrons. The van der Waals surface area contributed by atoms with E-state index < -0.39 is 0 Å². The van der Waals surface area contributed by atoms with E-state index in [1.54, 1.807) is 0 Å². The lowest BCUT2D eigenvalue weighted by atomic mass is 9.54. The highest BCUT2D eigenvalue weighted by atomic mass is 79.9. The molecule has 0 aromatic heterocycles. The van der Waals surface area contributed by atoms with Gasteiger partial charge in [-0.2, -0.15) is 0 Å². The minimum absolute atomic E-state index is 0.618. The van der Waals surface area contributed by atoms with Crippen molar-refractivity contribution in [3.63, 3.8) is 0 Å². The number of halogens is 1. The van der Waals surface area contributed by atoms with Gasteiger partial charge in [-0.1, -0.05) is 45.8 Å². The minimum atomic E-state index is 0.618. The Bertz CT molecular complexity index is 803. The summed E-state index contributed by atoms with van der Waals surface area (Å²) in [5, 5.41) is 3.95. The summed E-state index contributed by atoms with van der Waals surface area (Å²) >= 11 is 3.65. The number of aryl methyl sites for hydroxylation is 1. The summed E-state index contributed by atoms with van der Waals surface area (Å²) in [6.07, 6.45) is 7.35. The van der Waals surface area contributed by atoms with Crippen LogP contribution in [0.5, 0.6) is 5.75 Å². The molecule has 0 atom stereocenters. The highest BCUT2D eigenvalue weighted by Gasteiger charge is 2.47. The number of benzene rings is 2. The van der Waals surface area contributed by atoms with Crippen molar-refractivity contribution in [1.82, 2.24) is 5.32 Å². The molecule has 0 amide bonds. The third-order valence-electron chi connectivity index (χ3n) is 7.29. The lowest BCUT2D eigenvalue weighted by Crippen LogP contribution is -2.54. The number of hydrogen-bond donors (Lipinski definition) is 1. The second-order valence-electron chi connectivity index (χ2n) is 9.36. The Morgan fingerprint density at radius 2 is 1.61 bits per heavy atom. The van der Waals surface area contributed by atoms with Gasteiger partial charge in [0.1, 0.15) is 12.4 Å². The SMILES string of the molecule is Cc1ccc(COc2ccc(Br)cc2CNC2C3CC4CC(C3)CC2C4)cc1. The van der Waals surface area contributed by atoms with E-state index in [2.05, 4.69) is 70.6 Å². The van der Waals surface area contributed by atoms with Crippen LogP contribution in [0.1, 0.15) is 48.8 Å². The molecule has 0 saturated heterocycles. The van der Waals surface area contributed by atoms with Crippen molar-refractivity contribution >= 4 is 15.9 Å². The Hall–Kier alpha value is -1.32. The van der Waals surface area contributed by atoms with Gasteiger partial charge in [0.2, 0.25) is 0 Å². The van der Waals surface area contributed by atoms with Gasteiger partial charge in [-0.25, -0.2) is 0 Å². The normalized spacial score (nSPS) is 30.6. The molecule has 0 spiro atoms. The summed E-state index contributed by atoms with van der Waals surface area (Å²) in [6.45, 7) is 3.63. The summed E-state index contributed by atoms with van der Waals surface area (Å²) in [7, 11) is 0. The maximum Gasteiger partial charge on any atom is 0.124 e. The second kappa shape index (κ2) is 7.84. The van der Waals surface area contributed by atoms with Gasteiger partial charge in [0.25, 0.3) is 0 Å². The van der Waals surface area contributed by atoms with Crippen molar-refractivity contribution in [2.75, 3.05) is 0 Å². The Morgan fingerprint density at radius 3 is 2.29 bits per heavy atom. The summed E-state index contributed by atoms with van der Waals surface area (Å²) in [5.41, 5.74) is 3.76. The number of ether oxygens (including phenoxy) is 1. The highest BCUT2D eigenvalue weighted by Crippen LogP contribution is 2.53. The lowest BCUT2D eigenvalue weighted by molar-refractivity contribution is -0.0143. The fourth-order valence-corrected chi connectivity index (χ4v) is 6.57. The van der Waals surface area contributed by atoms with Crippen LogP contribution in [-0.2, 0) is 13.2 Å². The summed E-state index contributed by atoms with van der Waals surface area (Å²) in [4.78, 5) is 0. The Labute approximate surface area is 177 Å². The predicted octanol–water partition coefficient (Wildman–Crippen LogP) is 6.25. The Morgan fingerprint density at radius 1 is 0.929 bits per heavy atom. The van der Waals surface area contributed by atoms with E-state index in [4.69, 9.17) is 4.74 Å². The van der Waals surface area contributed by atoms with E-state index in [9.17, 15) is 0 Å². The molecule has 28 heavy (non-hydrogen) atoms. The monoisotopic (exact) mass is 439 g/mol. The standard InChI is InChI=1S/C25H30BrNO/c1-16-2-4-17(5-3-16)15-28-24-7-6-23(26)13-22(24)14-27-25-20-9-18-8-19(11-20)12-21(25)10-18/h2-7,13,18-21,25,27H,8-12,14-15H2,1H3. The van der Waals surface area contributed by atoms with Crippen LogP contribution in [0, 0.1) is 30.6 Å². The molecule has 2 aromatic rings. The second-order valence-corrected chi connectivity index (χ2v) is 10.3. The van der Waals surface area contributed by atoms with Crippen molar-refractivity contribution < 1.29 is 4.74 Å². The quantitative estimate of drug-likeness (QED) is 0.573. The highest BCUT2D eigenvalue weighted by molar-refractivity contribution is 9.10. The molecule has 2 aromatic carbocycles. The first-order chi connectivity index (χ1) is 13.6. The van der Waals surface area contributed by atoms with Crippen molar-refractivity contribution in [3.8, 4) is 5.75 Å². The first kappa shape index (κ1) is 18.7. The Balaban J connectivity index is 1.26. The zero-order valence-corrected chi connectivity index (χ0v) is 18.3. The zero-order chi connectivity index (χ0) is 19.1. The van der Waals surface area contributed by atoms with Gasteiger partial charge in [0, 0.05) is 22.6 Å². The van der Waals surface area contributed by atoms with Gasteiger partial charge in [0.05, 0.1) is 0 Å². The topological polar surface area (TPSA) is 21.3 Å². The van der Waals surface area contributed by atoms with Crippen LogP contribution in [0.15, 0.2) is 46.9 Å². The zero-order valence-electron chi connectivity index (χ0n) is 16.7. The van der Waals surface area contributed by atoms with E-state index >= 15 is 0 Å². The van der Waals surface area contributed by atoms with E-state index in [-0.39, 0.29) is 0 Å². The average molecular weight is 440 g/mol. The molecule has 4 fully saturated rings. The average Bonchev–Trinajstić information content (AvgIpc) is 2.67. The molecule has 1 N–H and O–H groups in total. The number of hydrogen-bond acceptors (Lipinski definition) is 2. The summed E-state index contributed by atoms with van der Waals surface area (Å²) < 4.78 is 7.34. The van der Waals surface area contributed by atoms with Gasteiger partial charge in [-0.15, -0.1) is 0 Å². The third kappa shape index (κ3) is 3.89. The van der Waals surface area contributed by atoms with Crippen LogP contribution in [0.25, 0.3) is 0 Å². The van der Waals surface area contributed by atoms with Crippen molar-refractivity contribution in [3.05, 3.63) is 63.6 Å². The molecular formula is C25H30BrNO. The molecule has 4 aliphatic carbocycles. The molecule has 2 nitrogen and oxygen atoms in total. The maximum atomic E-state index is 6.22. The summed E-state index contributed by atoms with van der Waals surface area (Å²) in [5.74, 6) is 4.86. The molecule has 6 rings (SSSR count). The third-order valence-corrected chi connectivity index (χ3v) is 7.79. The van der Waals surface area contributed by atoms with Gasteiger partial charge in [-0.05, 0) is 86.5 Å². The van der Waals surface area contributed by atoms with E-state index in [1.165, 1.54) is 48.8 Å². The fourth-order valence-electron chi connectivity index (χ4n) is 6.16. The van der Waals surface area contributed by atoms with Crippen LogP contribution >= 0.6 is 15.9 Å². The van der Waals surface area contributed by atoms with Gasteiger partial charge in [0.15, 0.2) is 0 Å². The van der Waals surface area contributed by atoms with Crippen LogP contribution < -0.4 is 10.1 Å². The van der Waals surface area contributed by atoms with E-state index in [0.29, 0.717) is 12.6 Å². The maximum absolute atomic E-state index is 6.22. The fraction of sp³-hybridized carbons (Fsp3) is 0.520. The molecule has 4 saturated carbocycles. The molecule has 3 heteroatoms. The van der Waals surface area contributed by atoms with Crippen molar-refractivity contribution in [2.24, 2.45) is 23.7 Å². The van der Waals surface area contributed by atoms with Gasteiger partial charge in [-0.3, -0.25) is 0 Å². The van der Waals surface area contributed by atoms with Crippen LogP contribution in [0.4, 0.5) is 0 Å². The molecule has 4 bridgehead atoms. The van der Waals surface area contributed by atoms with E-state index in [0.717, 1.165) is 40.4 Å². The van der Waals surface area contributed by atoms with Gasteiger partial charge >= 0.3 is 0 Å². The van der Waals surface area contributed by atoms with Gasteiger partial charge < -0.3 is 10.1 Å². The minimum Gasteiger partial charge on any atom is -0.489 e. The smallest absolute Gasteiger partial charge is 0.124 e. The molecular weight excluding hydrogens is 410 g/mol. The summed E-state index contributed by atoms with van der Waals surface area (Å²) in [6, 6.07) is 15.7. The van der Waals surface area contributed by atoms with Crippen LogP contribution in [0.3, 0.4) is 0 Å². The first-order valence-corrected chi connectivity index (χ1v) is 11.6. The van der Waals surface area contributed by atoms with Crippen molar-refractivity contribution in [2.45, 2.75) is 58.2 Å². The molecule has 0 unspecified atom stereocenters. The van der Waals surface area contributed by atoms with Crippen molar-refractivity contribution in [1.29, 1.82) is 0 Å². The number of rotatable bonds is 6.